The van der Waals surface area contributed by atoms with E-state index < -0.39 is 23.7 Å². The molecule has 0 aliphatic carbocycles. The number of ether oxygens (including phenoxy) is 1. The zero-order chi connectivity index (χ0) is 24.4. The van der Waals surface area contributed by atoms with E-state index in [4.69, 9.17) is 16.3 Å². The van der Waals surface area contributed by atoms with E-state index in [-0.39, 0.29) is 17.9 Å². The molecule has 0 spiro atoms. The number of Topliss-reactive ketones (excluding diaryl/α,β-unsaturated/α-hetero) is 1. The third-order valence-electron chi connectivity index (χ3n) is 5.68. The maximum atomic E-state index is 13.2. The summed E-state index contributed by atoms with van der Waals surface area (Å²) in [5.74, 6) is -2.37. The van der Waals surface area contributed by atoms with Crippen molar-refractivity contribution in [3.63, 3.8) is 0 Å². The Morgan fingerprint density at radius 1 is 1.00 bits per heavy atom. The van der Waals surface area contributed by atoms with Crippen molar-refractivity contribution < 1.29 is 24.2 Å². The van der Waals surface area contributed by atoms with Gasteiger partial charge in [0.05, 0.1) is 23.8 Å². The summed E-state index contributed by atoms with van der Waals surface area (Å²) in [6.07, 6.45) is 0. The van der Waals surface area contributed by atoms with E-state index in [1.165, 1.54) is 11.0 Å². The molecule has 1 aliphatic heterocycles. The summed E-state index contributed by atoms with van der Waals surface area (Å²) in [6, 6.07) is 19.2. The van der Waals surface area contributed by atoms with E-state index in [1.54, 1.807) is 49.4 Å². The molecule has 1 unspecified atom stereocenters. The van der Waals surface area contributed by atoms with Crippen molar-refractivity contribution in [2.24, 2.45) is 0 Å². The number of aliphatic hydroxyl groups is 1. The fourth-order valence-corrected chi connectivity index (χ4v) is 4.24. The van der Waals surface area contributed by atoms with Crippen LogP contribution in [-0.2, 0) is 14.3 Å². The van der Waals surface area contributed by atoms with E-state index in [1.807, 2.05) is 31.2 Å². The predicted molar refractivity (Wildman–Crippen MR) is 130 cm³/mol. The van der Waals surface area contributed by atoms with Crippen LogP contribution in [0.2, 0.25) is 5.02 Å². The number of benzene rings is 3. The van der Waals surface area contributed by atoms with Gasteiger partial charge in [-0.15, -0.1) is 0 Å². The third-order valence-corrected chi connectivity index (χ3v) is 5.92. The Balaban J connectivity index is 1.89. The third kappa shape index (κ3) is 4.20. The van der Waals surface area contributed by atoms with Gasteiger partial charge in [-0.05, 0) is 61.4 Å². The maximum absolute atomic E-state index is 13.2. The summed E-state index contributed by atoms with van der Waals surface area (Å²) < 4.78 is 5.02. The summed E-state index contributed by atoms with van der Waals surface area (Å²) in [7, 11) is 0. The topological polar surface area (TPSA) is 83.9 Å². The highest BCUT2D eigenvalue weighted by atomic mass is 35.5. The molecule has 1 heterocycles. The van der Waals surface area contributed by atoms with Gasteiger partial charge in [-0.25, -0.2) is 4.79 Å². The Labute approximate surface area is 202 Å². The van der Waals surface area contributed by atoms with Crippen LogP contribution in [0, 0.1) is 6.92 Å². The molecule has 0 radical (unpaired) electrons. The first-order valence-corrected chi connectivity index (χ1v) is 11.1. The van der Waals surface area contributed by atoms with Crippen LogP contribution in [0.25, 0.3) is 5.76 Å². The van der Waals surface area contributed by atoms with Crippen LogP contribution < -0.4 is 4.90 Å². The highest BCUT2D eigenvalue weighted by Crippen LogP contribution is 2.43. The molecular weight excluding hydrogens is 454 g/mol. The van der Waals surface area contributed by atoms with Crippen molar-refractivity contribution in [2.75, 3.05) is 11.5 Å². The number of nitrogens with zero attached hydrogens (tertiary/aromatic N) is 1. The van der Waals surface area contributed by atoms with E-state index in [0.29, 0.717) is 27.4 Å². The second-order valence-corrected chi connectivity index (χ2v) is 8.24. The lowest BCUT2D eigenvalue weighted by atomic mass is 9.92. The molecular formula is C27H22ClNO5. The molecule has 3 aromatic carbocycles. The van der Waals surface area contributed by atoms with Crippen molar-refractivity contribution in [1.82, 2.24) is 0 Å². The monoisotopic (exact) mass is 475 g/mol. The second kappa shape index (κ2) is 9.53. The first kappa shape index (κ1) is 23.3. The molecule has 172 valence electrons. The molecule has 1 fully saturated rings. The summed E-state index contributed by atoms with van der Waals surface area (Å²) in [5.41, 5.74) is 2.58. The van der Waals surface area contributed by atoms with Crippen molar-refractivity contribution in [2.45, 2.75) is 19.9 Å². The summed E-state index contributed by atoms with van der Waals surface area (Å²) in [4.78, 5) is 39.9. The molecule has 1 amide bonds. The molecule has 34 heavy (non-hydrogen) atoms. The molecule has 3 aromatic rings. The highest BCUT2D eigenvalue weighted by molar-refractivity contribution is 6.51. The Morgan fingerprint density at radius 2 is 1.71 bits per heavy atom. The number of aryl methyl sites for hydroxylation is 1. The van der Waals surface area contributed by atoms with Gasteiger partial charge in [-0.2, -0.15) is 0 Å². The van der Waals surface area contributed by atoms with Crippen molar-refractivity contribution in [3.05, 3.63) is 106 Å². The Hall–Kier alpha value is -3.90. The van der Waals surface area contributed by atoms with Gasteiger partial charge in [-0.3, -0.25) is 14.5 Å². The Bertz CT molecular complexity index is 1310. The van der Waals surface area contributed by atoms with Gasteiger partial charge in [0.15, 0.2) is 0 Å². The van der Waals surface area contributed by atoms with Crippen molar-refractivity contribution >= 4 is 40.7 Å². The minimum Gasteiger partial charge on any atom is -0.507 e. The first-order valence-electron chi connectivity index (χ1n) is 10.7. The molecule has 0 bridgehead atoms. The number of esters is 1. The van der Waals surface area contributed by atoms with E-state index >= 15 is 0 Å². The Morgan fingerprint density at radius 3 is 2.35 bits per heavy atom. The summed E-state index contributed by atoms with van der Waals surface area (Å²) in [6.45, 7) is 3.83. The molecule has 4 rings (SSSR count). The number of hydrogen-bond acceptors (Lipinski definition) is 5. The van der Waals surface area contributed by atoms with Gasteiger partial charge < -0.3 is 9.84 Å². The number of hydrogen-bond donors (Lipinski definition) is 1. The second-order valence-electron chi connectivity index (χ2n) is 7.80. The highest BCUT2D eigenvalue weighted by Gasteiger charge is 2.47. The van der Waals surface area contributed by atoms with Crippen LogP contribution in [0.4, 0.5) is 5.69 Å². The molecule has 7 heteroatoms. The standard InChI is InChI=1S/C27H22ClNO5/c1-3-34-27(33)17-11-13-20(14-12-17)29-23(21-10-5-4-7-16(21)2)22(25(31)26(29)32)24(30)18-8-6-9-19(28)15-18/h4-15,23,30H,3H2,1-2H3/b24-22+. The summed E-state index contributed by atoms with van der Waals surface area (Å²) in [5, 5.41) is 11.5. The molecule has 1 N–H and O–H groups in total. The van der Waals surface area contributed by atoms with Crippen molar-refractivity contribution in [3.8, 4) is 0 Å². The number of aliphatic hydroxyl groups excluding tert-OH is 1. The Kier molecular flexibility index (Phi) is 6.52. The van der Waals surface area contributed by atoms with E-state index in [9.17, 15) is 19.5 Å². The quantitative estimate of drug-likeness (QED) is 0.229. The number of halogens is 1. The smallest absolute Gasteiger partial charge is 0.338 e. The fraction of sp³-hybridized carbons (Fsp3) is 0.148. The van der Waals surface area contributed by atoms with Gasteiger partial charge in [0.2, 0.25) is 0 Å². The number of ketones is 1. The van der Waals surface area contributed by atoms with E-state index in [0.717, 1.165) is 5.56 Å². The lowest BCUT2D eigenvalue weighted by Crippen LogP contribution is -2.29. The predicted octanol–water partition coefficient (Wildman–Crippen LogP) is 5.45. The molecule has 0 aromatic heterocycles. The first-order chi connectivity index (χ1) is 16.3. The average Bonchev–Trinajstić information content (AvgIpc) is 3.09. The van der Waals surface area contributed by atoms with Crippen LogP contribution in [0.15, 0.2) is 78.4 Å². The zero-order valence-corrected chi connectivity index (χ0v) is 19.4. The van der Waals surface area contributed by atoms with Crippen LogP contribution in [0.3, 0.4) is 0 Å². The van der Waals surface area contributed by atoms with Crippen LogP contribution in [0.5, 0.6) is 0 Å². The zero-order valence-electron chi connectivity index (χ0n) is 18.6. The van der Waals surface area contributed by atoms with Crippen LogP contribution in [0.1, 0.15) is 40.0 Å². The van der Waals surface area contributed by atoms with Crippen LogP contribution >= 0.6 is 11.6 Å². The van der Waals surface area contributed by atoms with Gasteiger partial charge in [0.1, 0.15) is 5.76 Å². The lowest BCUT2D eigenvalue weighted by molar-refractivity contribution is -0.132. The number of amides is 1. The van der Waals surface area contributed by atoms with Gasteiger partial charge in [0.25, 0.3) is 11.7 Å². The molecule has 0 saturated carbocycles. The molecule has 1 saturated heterocycles. The molecule has 1 aliphatic rings. The van der Waals surface area contributed by atoms with Gasteiger partial charge in [0, 0.05) is 16.3 Å². The number of carbonyl (C=O) groups is 3. The average molecular weight is 476 g/mol. The van der Waals surface area contributed by atoms with Gasteiger partial charge >= 0.3 is 5.97 Å². The minimum absolute atomic E-state index is 0.0314. The molecule has 6 nitrogen and oxygen atoms in total. The minimum atomic E-state index is -0.867. The molecule has 1 atom stereocenters. The summed E-state index contributed by atoms with van der Waals surface area (Å²) >= 11 is 6.09. The normalized spacial score (nSPS) is 17.1. The van der Waals surface area contributed by atoms with E-state index in [2.05, 4.69) is 0 Å². The number of anilines is 1. The van der Waals surface area contributed by atoms with Gasteiger partial charge in [-0.1, -0.05) is 48.0 Å². The SMILES string of the molecule is CCOC(=O)c1ccc(N2C(=O)C(=O)/C(=C(/O)c3cccc(Cl)c3)C2c2ccccc2C)cc1. The lowest BCUT2D eigenvalue weighted by Gasteiger charge is -2.26. The number of rotatable bonds is 5. The van der Waals surface area contributed by atoms with Crippen molar-refractivity contribution in [1.29, 1.82) is 0 Å². The largest absolute Gasteiger partial charge is 0.507 e. The fourth-order valence-electron chi connectivity index (χ4n) is 4.05. The number of carbonyl (C=O) groups excluding carboxylic acids is 3. The maximum Gasteiger partial charge on any atom is 0.338 e. The van der Waals surface area contributed by atoms with Crippen LogP contribution in [-0.4, -0.2) is 29.4 Å².